The Balaban J connectivity index is 1.89. The number of ketones is 1. The number of aromatic nitrogens is 2. The smallest absolute Gasteiger partial charge is 0.219 e. The molecule has 5 heteroatoms. The van der Waals surface area contributed by atoms with Crippen LogP contribution in [-0.2, 0) is 6.54 Å². The molecule has 3 rings (SSSR count). The van der Waals surface area contributed by atoms with Crippen molar-refractivity contribution < 1.29 is 9.21 Å². The zero-order valence-electron chi connectivity index (χ0n) is 10.3. The van der Waals surface area contributed by atoms with Gasteiger partial charge in [0.2, 0.25) is 5.78 Å². The molecule has 0 aliphatic carbocycles. The summed E-state index contributed by atoms with van der Waals surface area (Å²) in [5.41, 5.74) is 1.48. The van der Waals surface area contributed by atoms with Crippen molar-refractivity contribution in [3.63, 3.8) is 0 Å². The van der Waals surface area contributed by atoms with Crippen LogP contribution in [0.2, 0.25) is 5.02 Å². The number of rotatable bonds is 3. The van der Waals surface area contributed by atoms with E-state index in [9.17, 15) is 4.79 Å². The van der Waals surface area contributed by atoms with Gasteiger partial charge in [0.15, 0.2) is 5.76 Å². The zero-order chi connectivity index (χ0) is 13.4. The Hall–Kier alpha value is -2.07. The van der Waals surface area contributed by atoms with Crippen LogP contribution in [0.1, 0.15) is 16.2 Å². The molecule has 4 nitrogen and oxygen atoms in total. The van der Waals surface area contributed by atoms with Crippen LogP contribution in [0.25, 0.3) is 11.0 Å². The number of benzene rings is 1. The van der Waals surface area contributed by atoms with E-state index >= 15 is 0 Å². The molecule has 19 heavy (non-hydrogen) atoms. The molecule has 0 aliphatic heterocycles. The molecule has 0 bridgehead atoms. The summed E-state index contributed by atoms with van der Waals surface area (Å²) >= 11 is 5.91. The summed E-state index contributed by atoms with van der Waals surface area (Å²) in [4.78, 5) is 12.1. The maximum absolute atomic E-state index is 12.1. The third-order valence-corrected chi connectivity index (χ3v) is 3.41. The van der Waals surface area contributed by atoms with Crippen LogP contribution in [0.4, 0.5) is 0 Å². The van der Waals surface area contributed by atoms with E-state index in [4.69, 9.17) is 16.0 Å². The number of hydrogen-bond donors (Lipinski definition) is 0. The van der Waals surface area contributed by atoms with Crippen LogP contribution in [-0.4, -0.2) is 15.6 Å². The Labute approximate surface area is 114 Å². The van der Waals surface area contributed by atoms with Gasteiger partial charge in [-0.3, -0.25) is 9.48 Å². The normalized spacial score (nSPS) is 11.1. The van der Waals surface area contributed by atoms with E-state index in [-0.39, 0.29) is 12.3 Å². The highest BCUT2D eigenvalue weighted by Crippen LogP contribution is 2.20. The Morgan fingerprint density at radius 2 is 2.21 bits per heavy atom. The van der Waals surface area contributed by atoms with Crippen LogP contribution in [0.5, 0.6) is 0 Å². The van der Waals surface area contributed by atoms with Crippen molar-refractivity contribution >= 4 is 28.4 Å². The van der Waals surface area contributed by atoms with Crippen LogP contribution in [0, 0.1) is 6.92 Å². The summed E-state index contributed by atoms with van der Waals surface area (Å²) in [7, 11) is 0. The van der Waals surface area contributed by atoms with Crippen molar-refractivity contribution in [3.05, 3.63) is 53.0 Å². The first-order valence-corrected chi connectivity index (χ1v) is 6.22. The molecule has 96 valence electrons. The summed E-state index contributed by atoms with van der Waals surface area (Å²) in [6.07, 6.45) is 1.53. The number of hydrogen-bond acceptors (Lipinski definition) is 3. The lowest BCUT2D eigenvalue weighted by atomic mass is 10.2. The topological polar surface area (TPSA) is 48.0 Å². The Morgan fingerprint density at radius 3 is 2.89 bits per heavy atom. The summed E-state index contributed by atoms with van der Waals surface area (Å²) in [6.45, 7) is 1.94. The van der Waals surface area contributed by atoms with E-state index in [2.05, 4.69) is 5.10 Å². The summed E-state index contributed by atoms with van der Waals surface area (Å²) < 4.78 is 7.09. The van der Waals surface area contributed by atoms with Crippen molar-refractivity contribution in [3.8, 4) is 0 Å². The number of nitrogens with zero attached hydrogens (tertiary/aromatic N) is 2. The minimum Gasteiger partial charge on any atom is -0.453 e. The van der Waals surface area contributed by atoms with Gasteiger partial charge in [-0.25, -0.2) is 0 Å². The molecule has 0 saturated carbocycles. The van der Waals surface area contributed by atoms with E-state index in [1.165, 1.54) is 6.20 Å². The first-order valence-electron chi connectivity index (χ1n) is 5.85. The van der Waals surface area contributed by atoms with Crippen LogP contribution in [0.3, 0.4) is 0 Å². The highest BCUT2D eigenvalue weighted by Gasteiger charge is 2.15. The van der Waals surface area contributed by atoms with Crippen molar-refractivity contribution in [2.24, 2.45) is 0 Å². The van der Waals surface area contributed by atoms with Gasteiger partial charge >= 0.3 is 0 Å². The Morgan fingerprint density at radius 1 is 1.42 bits per heavy atom. The van der Waals surface area contributed by atoms with Crippen molar-refractivity contribution in [1.82, 2.24) is 9.78 Å². The van der Waals surface area contributed by atoms with Gasteiger partial charge < -0.3 is 4.42 Å². The minimum absolute atomic E-state index is 0.123. The lowest BCUT2D eigenvalue weighted by molar-refractivity contribution is 0.0941. The number of carbonyl (C=O) groups excluding carboxylic acids is 1. The molecule has 0 unspecified atom stereocenters. The fraction of sp³-hybridized carbons (Fsp3) is 0.143. The standard InChI is InChI=1S/C14H11ClN2O2/c1-9-11(15)7-16-17(9)8-12(18)14-6-10-4-2-3-5-13(10)19-14/h2-7H,8H2,1H3. The molecule has 2 aromatic heterocycles. The summed E-state index contributed by atoms with van der Waals surface area (Å²) in [6, 6.07) is 9.27. The molecular weight excluding hydrogens is 264 g/mol. The molecule has 0 amide bonds. The van der Waals surface area contributed by atoms with Crippen molar-refractivity contribution in [2.45, 2.75) is 13.5 Å². The molecule has 3 aromatic rings. The van der Waals surface area contributed by atoms with E-state index < -0.39 is 0 Å². The number of para-hydroxylation sites is 1. The van der Waals surface area contributed by atoms with E-state index in [1.807, 2.05) is 31.2 Å². The molecule has 0 aliphatic rings. The lowest BCUT2D eigenvalue weighted by Crippen LogP contribution is -2.12. The second-order valence-electron chi connectivity index (χ2n) is 4.31. The molecule has 0 radical (unpaired) electrons. The second kappa shape index (κ2) is 4.55. The SMILES string of the molecule is Cc1c(Cl)cnn1CC(=O)c1cc2ccccc2o1. The number of carbonyl (C=O) groups is 1. The van der Waals surface area contributed by atoms with E-state index in [1.54, 1.807) is 10.7 Å². The quantitative estimate of drug-likeness (QED) is 0.687. The van der Waals surface area contributed by atoms with Gasteiger partial charge in [0.25, 0.3) is 0 Å². The fourth-order valence-corrected chi connectivity index (χ4v) is 2.06. The molecule has 0 saturated heterocycles. The summed E-state index contributed by atoms with van der Waals surface area (Å²) in [5, 5.41) is 5.53. The molecule has 1 aromatic carbocycles. The number of fused-ring (bicyclic) bond motifs is 1. The van der Waals surface area contributed by atoms with Crippen LogP contribution in [0.15, 0.2) is 40.9 Å². The van der Waals surface area contributed by atoms with Crippen molar-refractivity contribution in [2.75, 3.05) is 0 Å². The number of furan rings is 1. The first-order chi connectivity index (χ1) is 9.15. The van der Waals surface area contributed by atoms with Crippen LogP contribution < -0.4 is 0 Å². The minimum atomic E-state index is -0.126. The lowest BCUT2D eigenvalue weighted by Gasteiger charge is -2.01. The Kier molecular flexibility index (Phi) is 2.87. The van der Waals surface area contributed by atoms with Gasteiger partial charge in [-0.05, 0) is 19.1 Å². The third kappa shape index (κ3) is 2.15. The average Bonchev–Trinajstić information content (AvgIpc) is 2.97. The Bertz CT molecular complexity index is 725. The number of halogens is 1. The molecule has 2 heterocycles. The van der Waals surface area contributed by atoms with Gasteiger partial charge in [-0.2, -0.15) is 5.10 Å². The maximum Gasteiger partial charge on any atom is 0.219 e. The van der Waals surface area contributed by atoms with Gasteiger partial charge in [0.05, 0.1) is 16.9 Å². The second-order valence-corrected chi connectivity index (χ2v) is 4.71. The highest BCUT2D eigenvalue weighted by molar-refractivity contribution is 6.31. The van der Waals surface area contributed by atoms with Crippen molar-refractivity contribution in [1.29, 1.82) is 0 Å². The maximum atomic E-state index is 12.1. The third-order valence-electron chi connectivity index (χ3n) is 3.04. The first kappa shape index (κ1) is 12.0. The molecule has 0 atom stereocenters. The van der Waals surface area contributed by atoms with Gasteiger partial charge in [-0.15, -0.1) is 0 Å². The zero-order valence-corrected chi connectivity index (χ0v) is 11.0. The molecule has 0 N–H and O–H groups in total. The molecular formula is C14H11ClN2O2. The summed E-state index contributed by atoms with van der Waals surface area (Å²) in [5.74, 6) is 0.214. The van der Waals surface area contributed by atoms with Gasteiger partial charge in [-0.1, -0.05) is 29.8 Å². The predicted molar refractivity (Wildman–Crippen MR) is 72.5 cm³/mol. The fourth-order valence-electron chi connectivity index (χ4n) is 1.92. The monoisotopic (exact) mass is 274 g/mol. The highest BCUT2D eigenvalue weighted by atomic mass is 35.5. The van der Waals surface area contributed by atoms with Gasteiger partial charge in [0.1, 0.15) is 12.1 Å². The van der Waals surface area contributed by atoms with Gasteiger partial charge in [0, 0.05) is 5.39 Å². The van der Waals surface area contributed by atoms with Crippen LogP contribution >= 0.6 is 11.6 Å². The molecule has 0 fully saturated rings. The van der Waals surface area contributed by atoms with E-state index in [0.717, 1.165) is 11.1 Å². The average molecular weight is 275 g/mol. The molecule has 0 spiro atoms. The largest absolute Gasteiger partial charge is 0.453 e. The number of Topliss-reactive ketones (excluding diaryl/α,β-unsaturated/α-hetero) is 1. The predicted octanol–water partition coefficient (Wildman–Crippen LogP) is 3.47. The van der Waals surface area contributed by atoms with E-state index in [0.29, 0.717) is 16.4 Å².